The van der Waals surface area contributed by atoms with E-state index in [2.05, 4.69) is 13.0 Å². The summed E-state index contributed by atoms with van der Waals surface area (Å²) in [6, 6.07) is 5.88. The largest absolute Gasteiger partial charge is 0.491 e. The van der Waals surface area contributed by atoms with Gasteiger partial charge in [0.05, 0.1) is 11.6 Å². The molecule has 0 spiro atoms. The van der Waals surface area contributed by atoms with Crippen molar-refractivity contribution in [2.24, 2.45) is 11.7 Å². The lowest BCUT2D eigenvalue weighted by molar-refractivity contribution is 0.204. The van der Waals surface area contributed by atoms with Crippen LogP contribution in [0.4, 0.5) is 0 Å². The quantitative estimate of drug-likeness (QED) is 0.775. The molecular weight excluding hydrogens is 198 g/mol. The van der Waals surface area contributed by atoms with E-state index in [1.165, 1.54) is 5.56 Å². The van der Waals surface area contributed by atoms with Crippen molar-refractivity contribution in [3.63, 3.8) is 0 Å². The van der Waals surface area contributed by atoms with E-state index in [-0.39, 0.29) is 0 Å². The predicted molar refractivity (Wildman–Crippen MR) is 57.9 cm³/mol. The second-order valence-electron chi connectivity index (χ2n) is 3.75. The van der Waals surface area contributed by atoms with Gasteiger partial charge in [-0.3, -0.25) is 0 Å². The fourth-order valence-corrected chi connectivity index (χ4v) is 2.13. The average molecular weight is 212 g/mol. The first-order chi connectivity index (χ1) is 6.74. The molecule has 2 N–H and O–H groups in total. The van der Waals surface area contributed by atoms with Gasteiger partial charge in [0.25, 0.3) is 0 Å². The maximum atomic E-state index is 6.04. The summed E-state index contributed by atoms with van der Waals surface area (Å²) in [6.07, 6.45) is 0. The zero-order valence-corrected chi connectivity index (χ0v) is 8.92. The van der Waals surface area contributed by atoms with Gasteiger partial charge in [-0.25, -0.2) is 0 Å². The normalized spacial score (nSPS) is 25.4. The van der Waals surface area contributed by atoms with Crippen LogP contribution in [0.25, 0.3) is 0 Å². The Morgan fingerprint density at radius 1 is 1.57 bits per heavy atom. The zero-order chi connectivity index (χ0) is 10.1. The SMILES string of the molecule is CC1c2cccc(Cl)c2OCC1CN. The number of para-hydroxylation sites is 1. The molecule has 0 saturated carbocycles. The van der Waals surface area contributed by atoms with Crippen LogP contribution in [0.1, 0.15) is 18.4 Å². The molecule has 0 radical (unpaired) electrons. The van der Waals surface area contributed by atoms with Gasteiger partial charge in [0.2, 0.25) is 0 Å². The molecule has 1 aliphatic rings. The Morgan fingerprint density at radius 3 is 3.07 bits per heavy atom. The minimum absolute atomic E-state index is 0.404. The van der Waals surface area contributed by atoms with Crippen molar-refractivity contribution in [2.75, 3.05) is 13.2 Å². The van der Waals surface area contributed by atoms with Crippen molar-refractivity contribution in [2.45, 2.75) is 12.8 Å². The van der Waals surface area contributed by atoms with Crippen molar-refractivity contribution < 1.29 is 4.74 Å². The summed E-state index contributed by atoms with van der Waals surface area (Å²) in [5.41, 5.74) is 6.86. The van der Waals surface area contributed by atoms with Crippen LogP contribution in [-0.4, -0.2) is 13.2 Å². The average Bonchev–Trinajstić information content (AvgIpc) is 2.20. The van der Waals surface area contributed by atoms with Crippen LogP contribution < -0.4 is 10.5 Å². The van der Waals surface area contributed by atoms with Crippen LogP contribution in [0.15, 0.2) is 18.2 Å². The van der Waals surface area contributed by atoms with E-state index in [1.54, 1.807) is 0 Å². The van der Waals surface area contributed by atoms with E-state index < -0.39 is 0 Å². The third kappa shape index (κ3) is 1.49. The van der Waals surface area contributed by atoms with Crippen molar-refractivity contribution in [3.8, 4) is 5.75 Å². The highest BCUT2D eigenvalue weighted by Gasteiger charge is 2.27. The molecule has 0 saturated heterocycles. The van der Waals surface area contributed by atoms with Crippen LogP contribution in [0.5, 0.6) is 5.75 Å². The molecule has 1 aliphatic heterocycles. The van der Waals surface area contributed by atoms with Crippen molar-refractivity contribution in [1.82, 2.24) is 0 Å². The van der Waals surface area contributed by atoms with E-state index in [9.17, 15) is 0 Å². The molecule has 0 fully saturated rings. The maximum absolute atomic E-state index is 6.04. The summed E-state index contributed by atoms with van der Waals surface area (Å²) < 4.78 is 5.62. The highest BCUT2D eigenvalue weighted by Crippen LogP contribution is 2.40. The first-order valence-electron chi connectivity index (χ1n) is 4.85. The molecule has 0 bridgehead atoms. The molecule has 76 valence electrons. The Balaban J connectivity index is 2.41. The number of halogens is 1. The number of rotatable bonds is 1. The van der Waals surface area contributed by atoms with Gasteiger partial charge in [0, 0.05) is 5.92 Å². The molecule has 2 rings (SSSR count). The van der Waals surface area contributed by atoms with Crippen LogP contribution in [0.3, 0.4) is 0 Å². The Bertz CT molecular complexity index is 340. The highest BCUT2D eigenvalue weighted by atomic mass is 35.5. The van der Waals surface area contributed by atoms with Gasteiger partial charge < -0.3 is 10.5 Å². The molecule has 3 heteroatoms. The standard InChI is InChI=1S/C11H14ClNO/c1-7-8(5-13)6-14-11-9(7)3-2-4-10(11)12/h2-4,7-8H,5-6,13H2,1H3. The molecular formula is C11H14ClNO. The van der Waals surface area contributed by atoms with Gasteiger partial charge in [-0.15, -0.1) is 0 Å². The lowest BCUT2D eigenvalue weighted by Crippen LogP contribution is -2.30. The predicted octanol–water partition coefficient (Wildman–Crippen LogP) is 2.41. The molecule has 1 aromatic carbocycles. The maximum Gasteiger partial charge on any atom is 0.141 e. The zero-order valence-electron chi connectivity index (χ0n) is 8.16. The summed E-state index contributed by atoms with van der Waals surface area (Å²) in [5, 5.41) is 0.699. The molecule has 1 aromatic rings. The Kier molecular flexibility index (Phi) is 2.66. The summed E-state index contributed by atoms with van der Waals surface area (Å²) in [6.45, 7) is 3.51. The molecule has 0 aromatic heterocycles. The fourth-order valence-electron chi connectivity index (χ4n) is 1.90. The van der Waals surface area contributed by atoms with Gasteiger partial charge in [-0.2, -0.15) is 0 Å². The van der Waals surface area contributed by atoms with E-state index in [4.69, 9.17) is 22.1 Å². The summed E-state index contributed by atoms with van der Waals surface area (Å²) in [4.78, 5) is 0. The van der Waals surface area contributed by atoms with Crippen molar-refractivity contribution in [1.29, 1.82) is 0 Å². The van der Waals surface area contributed by atoms with Gasteiger partial charge in [-0.1, -0.05) is 30.7 Å². The van der Waals surface area contributed by atoms with Crippen molar-refractivity contribution >= 4 is 11.6 Å². The monoisotopic (exact) mass is 211 g/mol. The second kappa shape index (κ2) is 3.79. The van der Waals surface area contributed by atoms with E-state index in [0.29, 0.717) is 30.0 Å². The smallest absolute Gasteiger partial charge is 0.141 e. The summed E-state index contributed by atoms with van der Waals surface area (Å²) in [5.74, 6) is 1.68. The van der Waals surface area contributed by atoms with E-state index >= 15 is 0 Å². The number of hydrogen-bond donors (Lipinski definition) is 1. The molecule has 2 unspecified atom stereocenters. The van der Waals surface area contributed by atoms with Gasteiger partial charge in [0.15, 0.2) is 0 Å². The number of hydrogen-bond acceptors (Lipinski definition) is 2. The lowest BCUT2D eigenvalue weighted by atomic mass is 9.86. The van der Waals surface area contributed by atoms with Gasteiger partial charge in [0.1, 0.15) is 5.75 Å². The van der Waals surface area contributed by atoms with Crippen LogP contribution in [0.2, 0.25) is 5.02 Å². The molecule has 0 amide bonds. The second-order valence-corrected chi connectivity index (χ2v) is 4.16. The Morgan fingerprint density at radius 2 is 2.36 bits per heavy atom. The summed E-state index contributed by atoms with van der Waals surface area (Å²) in [7, 11) is 0. The van der Waals surface area contributed by atoms with E-state index in [0.717, 1.165) is 5.75 Å². The van der Waals surface area contributed by atoms with Crippen LogP contribution >= 0.6 is 11.6 Å². The third-order valence-electron chi connectivity index (χ3n) is 2.94. The number of fused-ring (bicyclic) bond motifs is 1. The first-order valence-corrected chi connectivity index (χ1v) is 5.23. The molecule has 0 aliphatic carbocycles. The fraction of sp³-hybridized carbons (Fsp3) is 0.455. The Labute approximate surface area is 89.0 Å². The lowest BCUT2D eigenvalue weighted by Gasteiger charge is -2.30. The van der Waals surface area contributed by atoms with Crippen molar-refractivity contribution in [3.05, 3.63) is 28.8 Å². The number of nitrogens with two attached hydrogens (primary N) is 1. The highest BCUT2D eigenvalue weighted by molar-refractivity contribution is 6.32. The van der Waals surface area contributed by atoms with Gasteiger partial charge in [-0.05, 0) is 24.1 Å². The van der Waals surface area contributed by atoms with Crippen LogP contribution in [0, 0.1) is 5.92 Å². The topological polar surface area (TPSA) is 35.2 Å². The Hall–Kier alpha value is -0.730. The molecule has 1 heterocycles. The number of ether oxygens (including phenoxy) is 1. The molecule has 2 atom stereocenters. The van der Waals surface area contributed by atoms with Gasteiger partial charge >= 0.3 is 0 Å². The minimum atomic E-state index is 0.404. The molecule has 2 nitrogen and oxygen atoms in total. The minimum Gasteiger partial charge on any atom is -0.491 e. The van der Waals surface area contributed by atoms with E-state index in [1.807, 2.05) is 12.1 Å². The number of benzene rings is 1. The van der Waals surface area contributed by atoms with Crippen LogP contribution in [-0.2, 0) is 0 Å². The first kappa shape index (κ1) is 9.81. The summed E-state index contributed by atoms with van der Waals surface area (Å²) >= 11 is 6.04. The molecule has 14 heavy (non-hydrogen) atoms. The third-order valence-corrected chi connectivity index (χ3v) is 3.24.